The second-order valence-corrected chi connectivity index (χ2v) is 2.47. The predicted molar refractivity (Wildman–Crippen MR) is 47.1 cm³/mol. The van der Waals surface area contributed by atoms with Crippen LogP contribution in [0.4, 0.5) is 5.69 Å². The van der Waals surface area contributed by atoms with E-state index >= 15 is 0 Å². The summed E-state index contributed by atoms with van der Waals surface area (Å²) < 4.78 is 1.37. The topological polar surface area (TPSA) is 93.2 Å². The highest BCUT2D eigenvalue weighted by Crippen LogP contribution is 2.09. The number of carbonyl (C=O) groups excluding carboxylic acids is 1. The minimum Gasteiger partial charge on any atom is -0.396 e. The van der Waals surface area contributed by atoms with Crippen molar-refractivity contribution in [2.24, 2.45) is 0 Å². The van der Waals surface area contributed by atoms with Crippen LogP contribution in [-0.2, 0) is 6.54 Å². The van der Waals surface area contributed by atoms with Crippen molar-refractivity contribution < 1.29 is 9.90 Å². The molecule has 0 unspecified atom stereocenters. The van der Waals surface area contributed by atoms with E-state index in [0.717, 1.165) is 0 Å². The van der Waals surface area contributed by atoms with Crippen molar-refractivity contribution in [3.05, 3.63) is 11.9 Å². The molecule has 1 amide bonds. The van der Waals surface area contributed by atoms with E-state index in [0.29, 0.717) is 5.69 Å². The zero-order valence-electron chi connectivity index (χ0n) is 7.32. The van der Waals surface area contributed by atoms with Gasteiger partial charge in [0, 0.05) is 7.05 Å². The number of nitrogens with one attached hydrogen (secondary N) is 1. The molecule has 13 heavy (non-hydrogen) atoms. The van der Waals surface area contributed by atoms with Gasteiger partial charge >= 0.3 is 0 Å². The van der Waals surface area contributed by atoms with Crippen molar-refractivity contribution in [1.82, 2.24) is 15.1 Å². The minimum absolute atomic E-state index is 0.0783. The number of aromatic nitrogens is 2. The number of nitrogens with zero attached hydrogens (tertiary/aromatic N) is 2. The minimum atomic E-state index is -0.302. The fraction of sp³-hybridized carbons (Fsp3) is 0.429. The van der Waals surface area contributed by atoms with Gasteiger partial charge in [-0.25, -0.2) is 0 Å². The Morgan fingerprint density at radius 3 is 3.08 bits per heavy atom. The average molecular weight is 184 g/mol. The predicted octanol–water partition coefficient (Wildman–Crippen LogP) is -1.18. The summed E-state index contributed by atoms with van der Waals surface area (Å²) >= 11 is 0. The third-order valence-corrected chi connectivity index (χ3v) is 1.62. The van der Waals surface area contributed by atoms with Crippen LogP contribution in [0.5, 0.6) is 0 Å². The molecule has 0 aromatic carbocycles. The molecule has 1 aromatic heterocycles. The van der Waals surface area contributed by atoms with Gasteiger partial charge in [-0.15, -0.1) is 0 Å². The summed E-state index contributed by atoms with van der Waals surface area (Å²) in [7, 11) is 1.51. The molecule has 4 N–H and O–H groups in total. The first-order valence-corrected chi connectivity index (χ1v) is 3.85. The number of anilines is 1. The van der Waals surface area contributed by atoms with Crippen LogP contribution in [0.3, 0.4) is 0 Å². The molecule has 0 spiro atoms. The molecule has 6 heteroatoms. The van der Waals surface area contributed by atoms with Crippen LogP contribution in [-0.4, -0.2) is 34.4 Å². The lowest BCUT2D eigenvalue weighted by molar-refractivity contribution is 0.0952. The van der Waals surface area contributed by atoms with Gasteiger partial charge in [-0.3, -0.25) is 9.48 Å². The summed E-state index contributed by atoms with van der Waals surface area (Å²) in [5.41, 5.74) is 6.12. The maximum atomic E-state index is 11.3. The van der Waals surface area contributed by atoms with Gasteiger partial charge < -0.3 is 16.2 Å². The molecule has 0 bridgehead atoms. The zero-order valence-corrected chi connectivity index (χ0v) is 7.32. The summed E-state index contributed by atoms with van der Waals surface area (Å²) in [5, 5.41) is 15.0. The van der Waals surface area contributed by atoms with E-state index in [1.165, 1.54) is 17.9 Å². The van der Waals surface area contributed by atoms with Gasteiger partial charge in [0.25, 0.3) is 5.91 Å². The summed E-state index contributed by atoms with van der Waals surface area (Å²) in [5.74, 6) is -0.302. The molecule has 6 nitrogen and oxygen atoms in total. The molecule has 1 rings (SSSR count). The van der Waals surface area contributed by atoms with Gasteiger partial charge in [0.2, 0.25) is 0 Å². The Kier molecular flexibility index (Phi) is 2.86. The van der Waals surface area contributed by atoms with Crippen molar-refractivity contribution in [1.29, 1.82) is 0 Å². The van der Waals surface area contributed by atoms with Gasteiger partial charge in [0.15, 0.2) is 0 Å². The molecule has 0 aliphatic heterocycles. The number of amides is 1. The number of carbonyl (C=O) groups is 1. The van der Waals surface area contributed by atoms with Crippen molar-refractivity contribution in [3.63, 3.8) is 0 Å². The number of nitrogens with two attached hydrogens (primary N) is 1. The largest absolute Gasteiger partial charge is 0.396 e. The molecule has 0 saturated heterocycles. The smallest absolute Gasteiger partial charge is 0.271 e. The van der Waals surface area contributed by atoms with Crippen LogP contribution in [0.1, 0.15) is 10.5 Å². The van der Waals surface area contributed by atoms with Crippen LogP contribution >= 0.6 is 0 Å². The second kappa shape index (κ2) is 3.90. The molecular formula is C7H12N4O2. The Bertz CT molecular complexity index is 307. The van der Waals surface area contributed by atoms with Crippen LogP contribution < -0.4 is 11.1 Å². The molecule has 1 heterocycles. The van der Waals surface area contributed by atoms with Crippen molar-refractivity contribution >= 4 is 11.6 Å². The van der Waals surface area contributed by atoms with Crippen molar-refractivity contribution in [2.75, 3.05) is 19.4 Å². The number of hydrogen-bond acceptors (Lipinski definition) is 4. The fourth-order valence-electron chi connectivity index (χ4n) is 1.03. The van der Waals surface area contributed by atoms with Gasteiger partial charge in [-0.1, -0.05) is 0 Å². The average Bonchev–Trinajstić information content (AvgIpc) is 2.47. The lowest BCUT2D eigenvalue weighted by atomic mass is 10.3. The van der Waals surface area contributed by atoms with Gasteiger partial charge in [-0.2, -0.15) is 5.10 Å². The third-order valence-electron chi connectivity index (χ3n) is 1.62. The summed E-state index contributed by atoms with van der Waals surface area (Å²) in [4.78, 5) is 11.3. The van der Waals surface area contributed by atoms with Crippen LogP contribution in [0.2, 0.25) is 0 Å². The SMILES string of the molecule is CNC(=O)c1c(N)cnn1CCO. The third kappa shape index (κ3) is 1.78. The van der Waals surface area contributed by atoms with Crippen molar-refractivity contribution in [3.8, 4) is 0 Å². The number of aliphatic hydroxyl groups excluding tert-OH is 1. The molecule has 0 aliphatic carbocycles. The van der Waals surface area contributed by atoms with E-state index in [-0.39, 0.29) is 24.8 Å². The standard InChI is InChI=1S/C7H12N4O2/c1-9-7(13)6-5(8)4-10-11(6)2-3-12/h4,12H,2-3,8H2,1H3,(H,9,13). The quantitative estimate of drug-likeness (QED) is 0.551. The first kappa shape index (κ1) is 9.53. The van der Waals surface area contributed by atoms with E-state index in [4.69, 9.17) is 10.8 Å². The molecule has 0 radical (unpaired) electrons. The van der Waals surface area contributed by atoms with E-state index in [1.807, 2.05) is 0 Å². The Balaban J connectivity index is 3.01. The number of hydrogen-bond donors (Lipinski definition) is 3. The first-order chi connectivity index (χ1) is 6.20. The Morgan fingerprint density at radius 2 is 2.54 bits per heavy atom. The molecule has 0 fully saturated rings. The summed E-state index contributed by atoms with van der Waals surface area (Å²) in [6.07, 6.45) is 1.39. The highest BCUT2D eigenvalue weighted by Gasteiger charge is 2.14. The number of nitrogen functional groups attached to an aromatic ring is 1. The Morgan fingerprint density at radius 1 is 1.85 bits per heavy atom. The first-order valence-electron chi connectivity index (χ1n) is 3.85. The molecule has 72 valence electrons. The van der Waals surface area contributed by atoms with E-state index in [2.05, 4.69) is 10.4 Å². The lowest BCUT2D eigenvalue weighted by Crippen LogP contribution is -2.24. The Hall–Kier alpha value is -1.56. The highest BCUT2D eigenvalue weighted by atomic mass is 16.3. The second-order valence-electron chi connectivity index (χ2n) is 2.47. The van der Waals surface area contributed by atoms with Crippen LogP contribution in [0.25, 0.3) is 0 Å². The van der Waals surface area contributed by atoms with Gasteiger partial charge in [0.05, 0.1) is 25.0 Å². The normalized spacial score (nSPS) is 10.0. The van der Waals surface area contributed by atoms with E-state index < -0.39 is 0 Å². The van der Waals surface area contributed by atoms with E-state index in [1.54, 1.807) is 0 Å². The van der Waals surface area contributed by atoms with Crippen molar-refractivity contribution in [2.45, 2.75) is 6.54 Å². The molecule has 0 aliphatic rings. The maximum absolute atomic E-state index is 11.3. The van der Waals surface area contributed by atoms with Gasteiger partial charge in [-0.05, 0) is 0 Å². The highest BCUT2D eigenvalue weighted by molar-refractivity contribution is 5.97. The monoisotopic (exact) mass is 184 g/mol. The molecular weight excluding hydrogens is 172 g/mol. The fourth-order valence-corrected chi connectivity index (χ4v) is 1.03. The summed E-state index contributed by atoms with van der Waals surface area (Å²) in [6, 6.07) is 0. The maximum Gasteiger partial charge on any atom is 0.271 e. The zero-order chi connectivity index (χ0) is 9.84. The molecule has 0 saturated carbocycles. The van der Waals surface area contributed by atoms with Crippen LogP contribution in [0.15, 0.2) is 6.20 Å². The summed E-state index contributed by atoms with van der Waals surface area (Å²) in [6.45, 7) is 0.186. The lowest BCUT2D eigenvalue weighted by Gasteiger charge is -2.04. The van der Waals surface area contributed by atoms with Gasteiger partial charge in [0.1, 0.15) is 5.69 Å². The number of rotatable bonds is 3. The molecule has 0 atom stereocenters. The molecule has 1 aromatic rings. The Labute approximate surface area is 75.3 Å². The number of aliphatic hydroxyl groups is 1. The van der Waals surface area contributed by atoms with Crippen LogP contribution in [0, 0.1) is 0 Å². The van der Waals surface area contributed by atoms with E-state index in [9.17, 15) is 4.79 Å².